The Morgan fingerprint density at radius 2 is 1.64 bits per heavy atom. The van der Waals surface area contributed by atoms with Crippen molar-refractivity contribution in [1.82, 2.24) is 5.32 Å². The van der Waals surface area contributed by atoms with Gasteiger partial charge >= 0.3 is 5.97 Å². The van der Waals surface area contributed by atoms with Gasteiger partial charge in [-0.15, -0.1) is 0 Å². The monoisotopic (exact) mass is 408 g/mol. The van der Waals surface area contributed by atoms with E-state index in [4.69, 9.17) is 4.74 Å². The van der Waals surface area contributed by atoms with Crippen molar-refractivity contribution in [3.63, 3.8) is 0 Å². The Kier molecular flexibility index (Phi) is 6.40. The SMILES string of the molecule is CC(C)(C)NC(=O)COC(=O)c1ccccc1NS(=O)(=O)c1ccc(F)cc1. The fourth-order valence-corrected chi connectivity index (χ4v) is 3.31. The third-order valence-electron chi connectivity index (χ3n) is 3.36. The molecule has 0 atom stereocenters. The van der Waals surface area contributed by atoms with E-state index in [2.05, 4.69) is 10.0 Å². The lowest BCUT2D eigenvalue weighted by molar-refractivity contribution is -0.125. The van der Waals surface area contributed by atoms with E-state index in [1.165, 1.54) is 24.3 Å². The molecule has 0 radical (unpaired) electrons. The van der Waals surface area contributed by atoms with Crippen LogP contribution in [0.5, 0.6) is 0 Å². The fraction of sp³-hybridized carbons (Fsp3) is 0.263. The number of carbonyl (C=O) groups is 2. The first-order valence-electron chi connectivity index (χ1n) is 8.33. The number of carbonyl (C=O) groups excluding carboxylic acids is 2. The Labute approximate surface area is 163 Å². The minimum absolute atomic E-state index is 0.0203. The number of para-hydroxylation sites is 1. The minimum atomic E-state index is -4.05. The first-order valence-corrected chi connectivity index (χ1v) is 9.82. The Morgan fingerprint density at radius 3 is 2.25 bits per heavy atom. The second kappa shape index (κ2) is 8.39. The molecule has 0 aliphatic rings. The van der Waals surface area contributed by atoms with E-state index in [0.29, 0.717) is 0 Å². The molecule has 2 N–H and O–H groups in total. The van der Waals surface area contributed by atoms with Crippen LogP contribution < -0.4 is 10.0 Å². The highest BCUT2D eigenvalue weighted by molar-refractivity contribution is 7.92. The van der Waals surface area contributed by atoms with E-state index >= 15 is 0 Å². The zero-order valence-electron chi connectivity index (χ0n) is 15.7. The van der Waals surface area contributed by atoms with Crippen LogP contribution in [0.2, 0.25) is 0 Å². The fourth-order valence-electron chi connectivity index (χ4n) is 2.23. The second-order valence-corrected chi connectivity index (χ2v) is 8.66. The van der Waals surface area contributed by atoms with Gasteiger partial charge in [-0.3, -0.25) is 9.52 Å². The Hall–Kier alpha value is -2.94. The normalized spacial score (nSPS) is 11.6. The first kappa shape index (κ1) is 21.4. The van der Waals surface area contributed by atoms with Crippen molar-refractivity contribution >= 4 is 27.6 Å². The molecular weight excluding hydrogens is 387 g/mol. The number of esters is 1. The van der Waals surface area contributed by atoms with Crippen LogP contribution in [0, 0.1) is 5.82 Å². The summed E-state index contributed by atoms with van der Waals surface area (Å²) >= 11 is 0. The third-order valence-corrected chi connectivity index (χ3v) is 4.75. The van der Waals surface area contributed by atoms with E-state index in [9.17, 15) is 22.4 Å². The highest BCUT2D eigenvalue weighted by Crippen LogP contribution is 2.21. The molecule has 0 bridgehead atoms. The molecule has 0 spiro atoms. The number of benzene rings is 2. The molecule has 28 heavy (non-hydrogen) atoms. The van der Waals surface area contributed by atoms with Crippen molar-refractivity contribution in [1.29, 1.82) is 0 Å². The van der Waals surface area contributed by atoms with Gasteiger partial charge in [0.2, 0.25) is 0 Å². The van der Waals surface area contributed by atoms with Crippen LogP contribution in [0.15, 0.2) is 53.4 Å². The number of nitrogens with one attached hydrogen (secondary N) is 2. The predicted octanol–water partition coefficient (Wildman–Crippen LogP) is 2.70. The maximum absolute atomic E-state index is 13.0. The van der Waals surface area contributed by atoms with Crippen molar-refractivity contribution in [3.05, 3.63) is 59.9 Å². The van der Waals surface area contributed by atoms with Gasteiger partial charge in [-0.1, -0.05) is 12.1 Å². The smallest absolute Gasteiger partial charge is 0.340 e. The summed E-state index contributed by atoms with van der Waals surface area (Å²) in [6.45, 7) is 4.85. The molecule has 0 aliphatic heterocycles. The molecule has 0 unspecified atom stereocenters. The zero-order chi connectivity index (χ0) is 20.9. The van der Waals surface area contributed by atoms with Crippen LogP contribution in [0.1, 0.15) is 31.1 Å². The van der Waals surface area contributed by atoms with Gasteiger partial charge in [-0.05, 0) is 57.2 Å². The molecule has 2 aromatic rings. The molecule has 150 valence electrons. The highest BCUT2D eigenvalue weighted by Gasteiger charge is 2.21. The molecule has 7 nitrogen and oxygen atoms in total. The molecule has 0 heterocycles. The van der Waals surface area contributed by atoms with Gasteiger partial charge in [0, 0.05) is 5.54 Å². The molecule has 9 heteroatoms. The Bertz CT molecular complexity index is 967. The summed E-state index contributed by atoms with van der Waals surface area (Å²) in [5.41, 5.74) is -0.559. The van der Waals surface area contributed by atoms with Crippen LogP contribution in [0.4, 0.5) is 10.1 Å². The van der Waals surface area contributed by atoms with Gasteiger partial charge in [0.1, 0.15) is 5.82 Å². The van der Waals surface area contributed by atoms with E-state index in [1.54, 1.807) is 20.8 Å². The van der Waals surface area contributed by atoms with Gasteiger partial charge in [-0.2, -0.15) is 0 Å². The average Bonchev–Trinajstić information content (AvgIpc) is 2.59. The lowest BCUT2D eigenvalue weighted by atomic mass is 10.1. The molecule has 0 aliphatic carbocycles. The minimum Gasteiger partial charge on any atom is -0.452 e. The van der Waals surface area contributed by atoms with E-state index in [0.717, 1.165) is 24.3 Å². The maximum atomic E-state index is 13.0. The summed E-state index contributed by atoms with van der Waals surface area (Å²) in [4.78, 5) is 23.9. The van der Waals surface area contributed by atoms with Crippen LogP contribution in [0.3, 0.4) is 0 Å². The number of amides is 1. The number of anilines is 1. The Morgan fingerprint density at radius 1 is 1.04 bits per heavy atom. The highest BCUT2D eigenvalue weighted by atomic mass is 32.2. The quantitative estimate of drug-likeness (QED) is 0.716. The van der Waals surface area contributed by atoms with Gasteiger partial charge < -0.3 is 10.1 Å². The number of halogens is 1. The molecule has 0 saturated carbocycles. The number of rotatable bonds is 6. The number of hydrogen-bond acceptors (Lipinski definition) is 5. The van der Waals surface area contributed by atoms with Gasteiger partial charge in [0.15, 0.2) is 6.61 Å². The van der Waals surface area contributed by atoms with Crippen molar-refractivity contribution in [3.8, 4) is 0 Å². The third kappa shape index (κ3) is 6.05. The first-order chi connectivity index (χ1) is 13.0. The van der Waals surface area contributed by atoms with Crippen LogP contribution in [-0.2, 0) is 19.6 Å². The van der Waals surface area contributed by atoms with Crippen molar-refractivity contribution in [2.24, 2.45) is 0 Å². The van der Waals surface area contributed by atoms with Crippen LogP contribution in [0.25, 0.3) is 0 Å². The van der Waals surface area contributed by atoms with Crippen molar-refractivity contribution in [2.75, 3.05) is 11.3 Å². The second-order valence-electron chi connectivity index (χ2n) is 6.98. The summed E-state index contributed by atoms with van der Waals surface area (Å²) in [7, 11) is -4.05. The summed E-state index contributed by atoms with van der Waals surface area (Å²) < 4.78 is 45.2. The van der Waals surface area contributed by atoms with Crippen molar-refractivity contribution in [2.45, 2.75) is 31.2 Å². The molecule has 2 rings (SSSR count). The molecule has 0 saturated heterocycles. The van der Waals surface area contributed by atoms with E-state index < -0.39 is 39.9 Å². The lowest BCUT2D eigenvalue weighted by Gasteiger charge is -2.20. The van der Waals surface area contributed by atoms with Crippen molar-refractivity contribution < 1.29 is 27.1 Å². The summed E-state index contributed by atoms with van der Waals surface area (Å²) in [6.07, 6.45) is 0. The summed E-state index contributed by atoms with van der Waals surface area (Å²) in [5.74, 6) is -1.91. The molecule has 0 aromatic heterocycles. The van der Waals surface area contributed by atoms with Crippen LogP contribution >= 0.6 is 0 Å². The molecule has 0 fully saturated rings. The largest absolute Gasteiger partial charge is 0.452 e. The number of ether oxygens (including phenoxy) is 1. The van der Waals surface area contributed by atoms with Crippen LogP contribution in [-0.4, -0.2) is 32.4 Å². The van der Waals surface area contributed by atoms with E-state index in [-0.39, 0.29) is 16.1 Å². The lowest BCUT2D eigenvalue weighted by Crippen LogP contribution is -2.42. The summed E-state index contributed by atoms with van der Waals surface area (Å²) in [5, 5.41) is 2.65. The molecular formula is C19H21FN2O5S. The molecule has 2 aromatic carbocycles. The standard InChI is InChI=1S/C19H21FN2O5S/c1-19(2,3)21-17(23)12-27-18(24)15-6-4-5-7-16(15)22-28(25,26)14-10-8-13(20)9-11-14/h4-11,22H,12H2,1-3H3,(H,21,23). The zero-order valence-corrected chi connectivity index (χ0v) is 16.5. The van der Waals surface area contributed by atoms with Gasteiger partial charge in [-0.25, -0.2) is 17.6 Å². The summed E-state index contributed by atoms with van der Waals surface area (Å²) in [6, 6.07) is 10.1. The maximum Gasteiger partial charge on any atom is 0.340 e. The van der Waals surface area contributed by atoms with E-state index in [1.807, 2.05) is 0 Å². The average molecular weight is 408 g/mol. The van der Waals surface area contributed by atoms with Gasteiger partial charge in [0.05, 0.1) is 16.1 Å². The van der Waals surface area contributed by atoms with Gasteiger partial charge in [0.25, 0.3) is 15.9 Å². The number of hydrogen-bond donors (Lipinski definition) is 2. The Balaban J connectivity index is 2.15. The molecule has 1 amide bonds. The number of sulfonamides is 1. The predicted molar refractivity (Wildman–Crippen MR) is 102 cm³/mol. The topological polar surface area (TPSA) is 102 Å².